The molecule has 3 N–H and O–H groups in total. The smallest absolute Gasteiger partial charge is 0.224 e. The van der Waals surface area contributed by atoms with Gasteiger partial charge in [0.1, 0.15) is 24.5 Å². The summed E-state index contributed by atoms with van der Waals surface area (Å²) in [7, 11) is 0. The van der Waals surface area contributed by atoms with Gasteiger partial charge in [-0.15, -0.1) is 0 Å². The van der Waals surface area contributed by atoms with Crippen LogP contribution in [0.3, 0.4) is 0 Å². The summed E-state index contributed by atoms with van der Waals surface area (Å²) in [6, 6.07) is 11.5. The van der Waals surface area contributed by atoms with Crippen LogP contribution in [-0.2, 0) is 4.79 Å². The van der Waals surface area contributed by atoms with Gasteiger partial charge in [-0.1, -0.05) is 12.1 Å². The molecule has 0 aliphatic carbocycles. The molecule has 0 saturated heterocycles. The SMILES string of the molecule is N#Cc1ccccc1OC[C@@H](O)CNCCCC(=O)Nc1ccc(F)nc1. The number of halogens is 1. The Bertz CT molecular complexity index is 777. The molecule has 8 heteroatoms. The fraction of sp³-hybridized carbons (Fsp3) is 0.316. The molecule has 0 unspecified atom stereocenters. The van der Waals surface area contributed by atoms with Gasteiger partial charge in [0.15, 0.2) is 0 Å². The topological polar surface area (TPSA) is 107 Å². The van der Waals surface area contributed by atoms with Crippen molar-refractivity contribution >= 4 is 11.6 Å². The Morgan fingerprint density at radius 2 is 2.15 bits per heavy atom. The second-order valence-electron chi connectivity index (χ2n) is 5.80. The molecule has 2 rings (SSSR count). The minimum atomic E-state index is -0.740. The van der Waals surface area contributed by atoms with E-state index in [9.17, 15) is 14.3 Å². The zero-order chi connectivity index (χ0) is 19.5. The number of amides is 1. The average Bonchev–Trinajstić information content (AvgIpc) is 2.68. The number of aliphatic hydroxyl groups is 1. The first-order valence-electron chi connectivity index (χ1n) is 8.50. The Kier molecular flexibility index (Phi) is 8.16. The summed E-state index contributed by atoms with van der Waals surface area (Å²) >= 11 is 0. The molecule has 1 amide bonds. The molecule has 27 heavy (non-hydrogen) atoms. The number of nitrogens with zero attached hydrogens (tertiary/aromatic N) is 2. The summed E-state index contributed by atoms with van der Waals surface area (Å²) in [6.07, 6.45) is 1.38. The van der Waals surface area contributed by atoms with Crippen molar-refractivity contribution in [1.82, 2.24) is 10.3 Å². The Balaban J connectivity index is 1.57. The average molecular weight is 372 g/mol. The van der Waals surface area contributed by atoms with E-state index in [2.05, 4.69) is 15.6 Å². The molecule has 1 aromatic heterocycles. The molecule has 0 saturated carbocycles. The van der Waals surface area contributed by atoms with Crippen LogP contribution in [0.1, 0.15) is 18.4 Å². The third kappa shape index (κ3) is 7.40. The number of hydrogen-bond donors (Lipinski definition) is 3. The van der Waals surface area contributed by atoms with Gasteiger partial charge >= 0.3 is 0 Å². The van der Waals surface area contributed by atoms with Crippen LogP contribution < -0.4 is 15.4 Å². The molecule has 0 fully saturated rings. The van der Waals surface area contributed by atoms with Gasteiger partial charge in [-0.2, -0.15) is 9.65 Å². The van der Waals surface area contributed by atoms with Crippen molar-refractivity contribution in [3.63, 3.8) is 0 Å². The van der Waals surface area contributed by atoms with Gasteiger partial charge < -0.3 is 20.5 Å². The number of carbonyl (C=O) groups is 1. The summed E-state index contributed by atoms with van der Waals surface area (Å²) in [4.78, 5) is 15.2. The van der Waals surface area contributed by atoms with E-state index in [4.69, 9.17) is 10.00 Å². The number of ether oxygens (including phenoxy) is 1. The monoisotopic (exact) mass is 372 g/mol. The van der Waals surface area contributed by atoms with E-state index in [0.29, 0.717) is 36.5 Å². The zero-order valence-corrected chi connectivity index (χ0v) is 14.7. The number of nitrogens with one attached hydrogen (secondary N) is 2. The molecule has 142 valence electrons. The van der Waals surface area contributed by atoms with Crippen molar-refractivity contribution in [3.8, 4) is 11.8 Å². The third-order valence-corrected chi connectivity index (χ3v) is 3.59. The van der Waals surface area contributed by atoms with Gasteiger partial charge in [0.05, 0.1) is 17.4 Å². The number of nitriles is 1. The highest BCUT2D eigenvalue weighted by molar-refractivity contribution is 5.90. The van der Waals surface area contributed by atoms with E-state index < -0.39 is 12.1 Å². The summed E-state index contributed by atoms with van der Waals surface area (Å²) < 4.78 is 18.1. The van der Waals surface area contributed by atoms with E-state index in [1.807, 2.05) is 6.07 Å². The first-order chi connectivity index (χ1) is 13.1. The normalized spacial score (nSPS) is 11.4. The Morgan fingerprint density at radius 3 is 2.89 bits per heavy atom. The van der Waals surface area contributed by atoms with Crippen LogP contribution in [0, 0.1) is 17.3 Å². The number of pyridine rings is 1. The molecule has 0 aliphatic heterocycles. The van der Waals surface area contributed by atoms with E-state index in [1.165, 1.54) is 18.3 Å². The number of benzene rings is 1. The summed E-state index contributed by atoms with van der Waals surface area (Å²) in [5, 5.41) is 24.6. The predicted octanol–water partition coefficient (Wildman–Crippen LogP) is 1.84. The van der Waals surface area contributed by atoms with Crippen molar-refractivity contribution in [2.45, 2.75) is 18.9 Å². The van der Waals surface area contributed by atoms with Crippen molar-refractivity contribution in [1.29, 1.82) is 5.26 Å². The number of aliphatic hydroxyl groups excluding tert-OH is 1. The maximum absolute atomic E-state index is 12.7. The lowest BCUT2D eigenvalue weighted by molar-refractivity contribution is -0.116. The molecule has 1 aromatic carbocycles. The number of carbonyl (C=O) groups excluding carboxylic acids is 1. The van der Waals surface area contributed by atoms with Crippen molar-refractivity contribution in [2.24, 2.45) is 0 Å². The number of aromatic nitrogens is 1. The van der Waals surface area contributed by atoms with Gasteiger partial charge in [-0.25, -0.2) is 4.98 Å². The van der Waals surface area contributed by atoms with Crippen LogP contribution in [-0.4, -0.2) is 41.8 Å². The molecule has 0 radical (unpaired) electrons. The molecule has 0 aliphatic rings. The second-order valence-corrected chi connectivity index (χ2v) is 5.80. The molecule has 1 heterocycles. The molecule has 1 atom stereocenters. The van der Waals surface area contributed by atoms with Gasteiger partial charge in [-0.05, 0) is 37.2 Å². The molecular formula is C19H21FN4O3. The molecule has 0 spiro atoms. The first kappa shape index (κ1) is 20.3. The summed E-state index contributed by atoms with van der Waals surface area (Å²) in [5.74, 6) is -0.357. The van der Waals surface area contributed by atoms with Gasteiger partial charge in [-0.3, -0.25) is 4.79 Å². The van der Waals surface area contributed by atoms with Crippen molar-refractivity contribution in [2.75, 3.05) is 25.0 Å². The summed E-state index contributed by atoms with van der Waals surface area (Å²) in [5.41, 5.74) is 0.861. The molecule has 2 aromatic rings. The highest BCUT2D eigenvalue weighted by Crippen LogP contribution is 2.16. The van der Waals surface area contributed by atoms with Crippen molar-refractivity contribution < 1.29 is 19.0 Å². The molecule has 7 nitrogen and oxygen atoms in total. The standard InChI is InChI=1S/C19H21FN4O3/c20-18-8-7-15(11-23-18)24-19(26)6-3-9-22-12-16(25)13-27-17-5-2-1-4-14(17)10-21/h1-2,4-5,7-8,11,16,22,25H,3,6,9,12-13H2,(H,24,26)/t16-/m0/s1. The van der Waals surface area contributed by atoms with Gasteiger partial charge in [0.2, 0.25) is 11.9 Å². The Hall–Kier alpha value is -3.02. The van der Waals surface area contributed by atoms with Crippen LogP contribution in [0.5, 0.6) is 5.75 Å². The van der Waals surface area contributed by atoms with Crippen molar-refractivity contribution in [3.05, 3.63) is 54.1 Å². The van der Waals surface area contributed by atoms with E-state index in [0.717, 1.165) is 0 Å². The van der Waals surface area contributed by atoms with Crippen LogP contribution >= 0.6 is 0 Å². The number of para-hydroxylation sites is 1. The van der Waals surface area contributed by atoms with E-state index in [-0.39, 0.29) is 18.9 Å². The minimum Gasteiger partial charge on any atom is -0.489 e. The first-order valence-corrected chi connectivity index (χ1v) is 8.50. The highest BCUT2D eigenvalue weighted by Gasteiger charge is 2.08. The quantitative estimate of drug-likeness (QED) is 0.434. The Labute approximate surface area is 156 Å². The third-order valence-electron chi connectivity index (χ3n) is 3.59. The fourth-order valence-electron chi connectivity index (χ4n) is 2.25. The van der Waals surface area contributed by atoms with Crippen LogP contribution in [0.4, 0.5) is 10.1 Å². The zero-order valence-electron chi connectivity index (χ0n) is 14.7. The van der Waals surface area contributed by atoms with Crippen LogP contribution in [0.15, 0.2) is 42.6 Å². The lowest BCUT2D eigenvalue weighted by atomic mass is 10.2. The number of rotatable bonds is 10. The second kappa shape index (κ2) is 10.9. The largest absolute Gasteiger partial charge is 0.489 e. The number of anilines is 1. The molecule has 0 bridgehead atoms. The Morgan fingerprint density at radius 1 is 1.33 bits per heavy atom. The highest BCUT2D eigenvalue weighted by atomic mass is 19.1. The van der Waals surface area contributed by atoms with Gasteiger partial charge in [0.25, 0.3) is 0 Å². The maximum Gasteiger partial charge on any atom is 0.224 e. The maximum atomic E-state index is 12.7. The van der Waals surface area contributed by atoms with Gasteiger partial charge in [0, 0.05) is 13.0 Å². The predicted molar refractivity (Wildman–Crippen MR) is 97.6 cm³/mol. The fourth-order valence-corrected chi connectivity index (χ4v) is 2.25. The van der Waals surface area contributed by atoms with E-state index in [1.54, 1.807) is 24.3 Å². The number of hydrogen-bond acceptors (Lipinski definition) is 6. The van der Waals surface area contributed by atoms with Crippen LogP contribution in [0.2, 0.25) is 0 Å². The lowest BCUT2D eigenvalue weighted by Crippen LogP contribution is -2.32. The van der Waals surface area contributed by atoms with E-state index >= 15 is 0 Å². The lowest BCUT2D eigenvalue weighted by Gasteiger charge is -2.14. The minimum absolute atomic E-state index is 0.0593. The molecular weight excluding hydrogens is 351 g/mol. The summed E-state index contributed by atoms with van der Waals surface area (Å²) in [6.45, 7) is 0.906. The van der Waals surface area contributed by atoms with Crippen LogP contribution in [0.25, 0.3) is 0 Å².